The summed E-state index contributed by atoms with van der Waals surface area (Å²) in [5, 5.41) is 12.1. The Labute approximate surface area is 92.7 Å². The maximum Gasteiger partial charge on any atom is 0.407 e. The van der Waals surface area contributed by atoms with E-state index in [-0.39, 0.29) is 11.9 Å². The predicted octanol–water partition coefficient (Wildman–Crippen LogP) is 1.45. The highest BCUT2D eigenvalue weighted by molar-refractivity contribution is 5.65. The highest BCUT2D eigenvalue weighted by atomic mass is 19.1. The SMILES string of the molecule is O=C(O)N1CCN[C@@H](c2ccc(F)cc2)C1. The number of amides is 1. The number of carbonyl (C=O) groups is 1. The molecule has 0 unspecified atom stereocenters. The zero-order chi connectivity index (χ0) is 11.5. The van der Waals surface area contributed by atoms with Gasteiger partial charge in [-0.2, -0.15) is 0 Å². The molecule has 1 aromatic rings. The molecule has 1 fully saturated rings. The number of nitrogens with one attached hydrogen (secondary N) is 1. The molecule has 16 heavy (non-hydrogen) atoms. The fourth-order valence-electron chi connectivity index (χ4n) is 1.84. The van der Waals surface area contributed by atoms with Gasteiger partial charge in [-0.15, -0.1) is 0 Å². The van der Waals surface area contributed by atoms with Gasteiger partial charge in [-0.1, -0.05) is 12.1 Å². The van der Waals surface area contributed by atoms with Gasteiger partial charge in [0, 0.05) is 19.6 Å². The number of nitrogens with zero attached hydrogens (tertiary/aromatic N) is 1. The Morgan fingerprint density at radius 3 is 2.75 bits per heavy atom. The van der Waals surface area contributed by atoms with Crippen molar-refractivity contribution in [2.24, 2.45) is 0 Å². The maximum atomic E-state index is 12.7. The van der Waals surface area contributed by atoms with Gasteiger partial charge in [0.2, 0.25) is 0 Å². The number of benzene rings is 1. The molecule has 86 valence electrons. The van der Waals surface area contributed by atoms with Crippen molar-refractivity contribution in [1.29, 1.82) is 0 Å². The molecule has 0 spiro atoms. The monoisotopic (exact) mass is 224 g/mol. The van der Waals surface area contributed by atoms with Gasteiger partial charge in [-0.3, -0.25) is 0 Å². The number of piperazine rings is 1. The van der Waals surface area contributed by atoms with Crippen LogP contribution in [0.5, 0.6) is 0 Å². The van der Waals surface area contributed by atoms with Crippen LogP contribution in [-0.2, 0) is 0 Å². The molecule has 1 aliphatic heterocycles. The molecule has 2 N–H and O–H groups in total. The molecule has 1 amide bonds. The summed E-state index contributed by atoms with van der Waals surface area (Å²) in [6, 6.07) is 6.08. The average molecular weight is 224 g/mol. The summed E-state index contributed by atoms with van der Waals surface area (Å²) in [6.07, 6.45) is -0.909. The van der Waals surface area contributed by atoms with E-state index in [9.17, 15) is 9.18 Å². The normalized spacial score (nSPS) is 20.8. The minimum atomic E-state index is -0.909. The van der Waals surface area contributed by atoms with Gasteiger partial charge >= 0.3 is 6.09 Å². The van der Waals surface area contributed by atoms with Crippen molar-refractivity contribution in [3.8, 4) is 0 Å². The number of hydrogen-bond donors (Lipinski definition) is 2. The molecule has 0 bridgehead atoms. The fraction of sp³-hybridized carbons (Fsp3) is 0.364. The third-order valence-corrected chi connectivity index (χ3v) is 2.72. The van der Waals surface area contributed by atoms with Crippen molar-refractivity contribution in [2.45, 2.75) is 6.04 Å². The first-order valence-electron chi connectivity index (χ1n) is 5.13. The van der Waals surface area contributed by atoms with Crippen LogP contribution in [0.4, 0.5) is 9.18 Å². The van der Waals surface area contributed by atoms with E-state index in [1.165, 1.54) is 17.0 Å². The van der Waals surface area contributed by atoms with Crippen molar-refractivity contribution < 1.29 is 14.3 Å². The minimum absolute atomic E-state index is 0.0505. The van der Waals surface area contributed by atoms with E-state index in [1.807, 2.05) is 0 Å². The van der Waals surface area contributed by atoms with E-state index >= 15 is 0 Å². The van der Waals surface area contributed by atoms with Crippen molar-refractivity contribution in [1.82, 2.24) is 10.2 Å². The zero-order valence-electron chi connectivity index (χ0n) is 8.69. The smallest absolute Gasteiger partial charge is 0.407 e. The van der Waals surface area contributed by atoms with Gasteiger partial charge in [-0.05, 0) is 17.7 Å². The number of rotatable bonds is 1. The van der Waals surface area contributed by atoms with Crippen LogP contribution in [0.15, 0.2) is 24.3 Å². The Morgan fingerprint density at radius 1 is 1.44 bits per heavy atom. The third kappa shape index (κ3) is 2.30. The van der Waals surface area contributed by atoms with Crippen LogP contribution in [0, 0.1) is 5.82 Å². The second-order valence-corrected chi connectivity index (χ2v) is 3.79. The molecule has 0 aromatic heterocycles. The van der Waals surface area contributed by atoms with Crippen LogP contribution in [0.3, 0.4) is 0 Å². The lowest BCUT2D eigenvalue weighted by molar-refractivity contribution is 0.129. The largest absolute Gasteiger partial charge is 0.465 e. The van der Waals surface area contributed by atoms with E-state index in [0.29, 0.717) is 19.6 Å². The quantitative estimate of drug-likeness (QED) is 0.759. The van der Waals surface area contributed by atoms with Crippen LogP contribution in [-0.4, -0.2) is 35.7 Å². The summed E-state index contributed by atoms with van der Waals surface area (Å²) >= 11 is 0. The summed E-state index contributed by atoms with van der Waals surface area (Å²) in [5.74, 6) is -0.283. The molecule has 0 radical (unpaired) electrons. The van der Waals surface area contributed by atoms with E-state index in [2.05, 4.69) is 5.32 Å². The predicted molar refractivity (Wildman–Crippen MR) is 56.7 cm³/mol. The Hall–Kier alpha value is -1.62. The molecule has 1 saturated heterocycles. The summed E-state index contributed by atoms with van der Waals surface area (Å²) in [5.41, 5.74) is 0.910. The third-order valence-electron chi connectivity index (χ3n) is 2.72. The van der Waals surface area contributed by atoms with Gasteiger partial charge in [0.05, 0.1) is 6.04 Å². The molecular weight excluding hydrogens is 211 g/mol. The maximum absolute atomic E-state index is 12.7. The van der Waals surface area contributed by atoms with E-state index in [0.717, 1.165) is 5.56 Å². The molecule has 0 aliphatic carbocycles. The molecule has 1 atom stereocenters. The van der Waals surface area contributed by atoms with Gasteiger partial charge in [0.1, 0.15) is 5.82 Å². The van der Waals surface area contributed by atoms with E-state index in [4.69, 9.17) is 5.11 Å². The molecule has 1 aromatic carbocycles. The number of carboxylic acid groups (broad SMARTS) is 1. The van der Waals surface area contributed by atoms with Crippen molar-refractivity contribution in [3.05, 3.63) is 35.6 Å². The van der Waals surface area contributed by atoms with Gasteiger partial charge in [0.15, 0.2) is 0 Å². The Kier molecular flexibility index (Phi) is 3.05. The molecule has 1 aliphatic rings. The molecule has 1 heterocycles. The number of hydrogen-bond acceptors (Lipinski definition) is 2. The topological polar surface area (TPSA) is 52.6 Å². The van der Waals surface area contributed by atoms with Crippen LogP contribution in [0.25, 0.3) is 0 Å². The lowest BCUT2D eigenvalue weighted by atomic mass is 10.0. The second-order valence-electron chi connectivity index (χ2n) is 3.79. The van der Waals surface area contributed by atoms with Crippen molar-refractivity contribution >= 4 is 6.09 Å². The van der Waals surface area contributed by atoms with Crippen molar-refractivity contribution in [3.63, 3.8) is 0 Å². The highest BCUT2D eigenvalue weighted by Crippen LogP contribution is 2.17. The average Bonchev–Trinajstić information content (AvgIpc) is 2.30. The summed E-state index contributed by atoms with van der Waals surface area (Å²) in [7, 11) is 0. The van der Waals surface area contributed by atoms with Gasteiger partial charge in [0.25, 0.3) is 0 Å². The highest BCUT2D eigenvalue weighted by Gasteiger charge is 2.23. The van der Waals surface area contributed by atoms with E-state index < -0.39 is 6.09 Å². The standard InChI is InChI=1S/C11H13FN2O2/c12-9-3-1-8(2-4-9)10-7-14(11(15)16)6-5-13-10/h1-4,10,13H,5-7H2,(H,15,16)/t10-/m1/s1. The summed E-state index contributed by atoms with van der Waals surface area (Å²) in [6.45, 7) is 1.52. The Bertz CT molecular complexity index is 380. The van der Waals surface area contributed by atoms with Crippen LogP contribution >= 0.6 is 0 Å². The molecular formula is C11H13FN2O2. The minimum Gasteiger partial charge on any atom is -0.465 e. The molecule has 5 heteroatoms. The van der Waals surface area contributed by atoms with Crippen LogP contribution in [0.1, 0.15) is 11.6 Å². The zero-order valence-corrected chi connectivity index (χ0v) is 8.69. The first-order valence-corrected chi connectivity index (χ1v) is 5.13. The molecule has 2 rings (SSSR count). The number of halogens is 1. The van der Waals surface area contributed by atoms with Crippen LogP contribution < -0.4 is 5.32 Å². The van der Waals surface area contributed by atoms with Crippen molar-refractivity contribution in [2.75, 3.05) is 19.6 Å². The summed E-state index contributed by atoms with van der Waals surface area (Å²) < 4.78 is 12.7. The van der Waals surface area contributed by atoms with Crippen LogP contribution in [0.2, 0.25) is 0 Å². The van der Waals surface area contributed by atoms with E-state index in [1.54, 1.807) is 12.1 Å². The molecule has 0 saturated carbocycles. The summed E-state index contributed by atoms with van der Waals surface area (Å²) in [4.78, 5) is 12.2. The molecule has 4 nitrogen and oxygen atoms in total. The van der Waals surface area contributed by atoms with Gasteiger partial charge < -0.3 is 15.3 Å². The first kappa shape index (κ1) is 10.9. The Morgan fingerprint density at radius 2 is 2.12 bits per heavy atom. The first-order chi connectivity index (χ1) is 7.66. The lowest BCUT2D eigenvalue weighted by Gasteiger charge is -2.32. The fourth-order valence-corrected chi connectivity index (χ4v) is 1.84. The van der Waals surface area contributed by atoms with Gasteiger partial charge in [-0.25, -0.2) is 9.18 Å². The second kappa shape index (κ2) is 4.49. The lowest BCUT2D eigenvalue weighted by Crippen LogP contribution is -2.47. The Balaban J connectivity index is 2.09.